The lowest BCUT2D eigenvalue weighted by Gasteiger charge is -2.54. The van der Waals surface area contributed by atoms with Crippen molar-refractivity contribution < 1.29 is 9.90 Å². The molecule has 106 valence electrons. The SMILES string of the molecule is O=C(O)c1cnn(C2C3CC4CC(C3)CC2C4)c(=O)c1. The van der Waals surface area contributed by atoms with Gasteiger partial charge in [0, 0.05) is 6.07 Å². The third-order valence-electron chi connectivity index (χ3n) is 5.53. The molecule has 5 nitrogen and oxygen atoms in total. The average molecular weight is 274 g/mol. The van der Waals surface area contributed by atoms with Gasteiger partial charge < -0.3 is 5.11 Å². The van der Waals surface area contributed by atoms with Gasteiger partial charge in [0.2, 0.25) is 0 Å². The van der Waals surface area contributed by atoms with Crippen molar-refractivity contribution >= 4 is 5.97 Å². The maximum Gasteiger partial charge on any atom is 0.337 e. The molecule has 0 aliphatic heterocycles. The van der Waals surface area contributed by atoms with Crippen molar-refractivity contribution in [3.8, 4) is 0 Å². The summed E-state index contributed by atoms with van der Waals surface area (Å²) in [5, 5.41) is 13.1. The molecule has 4 saturated carbocycles. The van der Waals surface area contributed by atoms with Crippen molar-refractivity contribution in [3.63, 3.8) is 0 Å². The molecule has 4 aliphatic carbocycles. The maximum absolute atomic E-state index is 12.2. The van der Waals surface area contributed by atoms with Crippen LogP contribution in [0.4, 0.5) is 0 Å². The lowest BCUT2D eigenvalue weighted by Crippen LogP contribution is -2.48. The van der Waals surface area contributed by atoms with Gasteiger partial charge in [-0.05, 0) is 55.8 Å². The van der Waals surface area contributed by atoms with E-state index in [2.05, 4.69) is 5.10 Å². The van der Waals surface area contributed by atoms with E-state index in [1.165, 1.54) is 44.4 Å². The van der Waals surface area contributed by atoms with Crippen LogP contribution in [0, 0.1) is 23.7 Å². The third kappa shape index (κ3) is 1.72. The fraction of sp³-hybridized carbons (Fsp3) is 0.667. The van der Waals surface area contributed by atoms with Crippen LogP contribution < -0.4 is 5.56 Å². The minimum atomic E-state index is -1.09. The zero-order valence-electron chi connectivity index (χ0n) is 11.2. The second kappa shape index (κ2) is 4.17. The summed E-state index contributed by atoms with van der Waals surface area (Å²) in [6, 6.07) is 1.40. The molecule has 4 bridgehead atoms. The van der Waals surface area contributed by atoms with E-state index in [-0.39, 0.29) is 17.2 Å². The first kappa shape index (κ1) is 12.1. The molecule has 5 rings (SSSR count). The van der Waals surface area contributed by atoms with E-state index in [4.69, 9.17) is 5.11 Å². The van der Waals surface area contributed by atoms with E-state index < -0.39 is 5.97 Å². The number of nitrogens with zero attached hydrogens (tertiary/aromatic N) is 2. The maximum atomic E-state index is 12.2. The monoisotopic (exact) mass is 274 g/mol. The lowest BCUT2D eigenvalue weighted by atomic mass is 9.54. The van der Waals surface area contributed by atoms with Crippen LogP contribution >= 0.6 is 0 Å². The Morgan fingerprint density at radius 1 is 1.15 bits per heavy atom. The van der Waals surface area contributed by atoms with Gasteiger partial charge in [-0.3, -0.25) is 4.79 Å². The molecule has 0 amide bonds. The Balaban J connectivity index is 1.71. The number of aromatic nitrogens is 2. The van der Waals surface area contributed by atoms with E-state index in [1.807, 2.05) is 0 Å². The first-order valence-electron chi connectivity index (χ1n) is 7.44. The molecular weight excluding hydrogens is 256 g/mol. The van der Waals surface area contributed by atoms with Crippen molar-refractivity contribution in [2.24, 2.45) is 23.7 Å². The van der Waals surface area contributed by atoms with Crippen molar-refractivity contribution in [3.05, 3.63) is 28.2 Å². The number of rotatable bonds is 2. The number of carboxylic acids is 1. The highest BCUT2D eigenvalue weighted by Gasteiger charge is 2.49. The highest BCUT2D eigenvalue weighted by atomic mass is 16.4. The second-order valence-electron chi connectivity index (χ2n) is 6.75. The summed E-state index contributed by atoms with van der Waals surface area (Å²) in [7, 11) is 0. The van der Waals surface area contributed by atoms with Crippen LogP contribution in [-0.4, -0.2) is 20.9 Å². The van der Waals surface area contributed by atoms with E-state index in [1.54, 1.807) is 4.68 Å². The quantitative estimate of drug-likeness (QED) is 0.894. The van der Waals surface area contributed by atoms with Gasteiger partial charge in [0.05, 0.1) is 17.8 Å². The summed E-state index contributed by atoms with van der Waals surface area (Å²) >= 11 is 0. The molecule has 20 heavy (non-hydrogen) atoms. The van der Waals surface area contributed by atoms with Gasteiger partial charge in [-0.25, -0.2) is 9.48 Å². The molecule has 1 N–H and O–H groups in total. The molecule has 0 unspecified atom stereocenters. The van der Waals surface area contributed by atoms with Gasteiger partial charge in [-0.15, -0.1) is 0 Å². The smallest absolute Gasteiger partial charge is 0.337 e. The lowest BCUT2D eigenvalue weighted by molar-refractivity contribution is -0.0355. The first-order valence-corrected chi connectivity index (χ1v) is 7.44. The standard InChI is InChI=1S/C15H18N2O3/c18-13-6-12(15(19)20)7-16-17(13)14-10-2-8-1-9(4-10)5-11(14)3-8/h6-11,14H,1-5H2,(H,19,20). The van der Waals surface area contributed by atoms with Crippen LogP contribution in [0.1, 0.15) is 48.5 Å². The molecule has 1 aromatic heterocycles. The molecule has 0 aromatic carbocycles. The van der Waals surface area contributed by atoms with Crippen molar-refractivity contribution in [1.82, 2.24) is 9.78 Å². The predicted octanol–water partition coefficient (Wildman–Crippen LogP) is 1.94. The fourth-order valence-electron chi connectivity index (χ4n) is 5.05. The van der Waals surface area contributed by atoms with Crippen LogP contribution in [-0.2, 0) is 0 Å². The van der Waals surface area contributed by atoms with E-state index >= 15 is 0 Å². The number of carboxylic acid groups (broad SMARTS) is 1. The highest BCUT2D eigenvalue weighted by Crippen LogP contribution is 2.57. The third-order valence-corrected chi connectivity index (χ3v) is 5.53. The van der Waals surface area contributed by atoms with Crippen molar-refractivity contribution in [1.29, 1.82) is 0 Å². The first-order chi connectivity index (χ1) is 9.61. The predicted molar refractivity (Wildman–Crippen MR) is 71.5 cm³/mol. The van der Waals surface area contributed by atoms with Gasteiger partial charge in [0.25, 0.3) is 5.56 Å². The summed E-state index contributed by atoms with van der Waals surface area (Å²) < 4.78 is 1.57. The van der Waals surface area contributed by atoms with E-state index in [0.29, 0.717) is 11.8 Å². The van der Waals surface area contributed by atoms with Crippen LogP contribution in [0.25, 0.3) is 0 Å². The van der Waals surface area contributed by atoms with Gasteiger partial charge in [0.15, 0.2) is 0 Å². The summed E-state index contributed by atoms with van der Waals surface area (Å²) in [4.78, 5) is 23.1. The average Bonchev–Trinajstić information content (AvgIpc) is 2.38. The summed E-state index contributed by atoms with van der Waals surface area (Å²) in [5.41, 5.74) is -0.280. The summed E-state index contributed by atoms with van der Waals surface area (Å²) in [6.45, 7) is 0. The molecule has 4 aliphatic rings. The topological polar surface area (TPSA) is 72.2 Å². The number of hydrogen-bond acceptors (Lipinski definition) is 3. The van der Waals surface area contributed by atoms with Gasteiger partial charge >= 0.3 is 5.97 Å². The van der Waals surface area contributed by atoms with Crippen LogP contribution in [0.5, 0.6) is 0 Å². The molecule has 0 atom stereocenters. The van der Waals surface area contributed by atoms with E-state index in [0.717, 1.165) is 11.8 Å². The zero-order valence-corrected chi connectivity index (χ0v) is 11.2. The molecule has 5 heteroatoms. The minimum absolute atomic E-state index is 0.0185. The van der Waals surface area contributed by atoms with Crippen LogP contribution in [0.15, 0.2) is 17.1 Å². The van der Waals surface area contributed by atoms with Gasteiger partial charge in [-0.1, -0.05) is 0 Å². The Labute approximate surface area is 116 Å². The van der Waals surface area contributed by atoms with Gasteiger partial charge in [-0.2, -0.15) is 5.10 Å². The summed E-state index contributed by atoms with van der Waals surface area (Å²) in [6.07, 6.45) is 7.55. The minimum Gasteiger partial charge on any atom is -0.478 e. The Hall–Kier alpha value is -1.65. The van der Waals surface area contributed by atoms with Gasteiger partial charge in [0.1, 0.15) is 0 Å². The largest absolute Gasteiger partial charge is 0.478 e. The molecule has 1 heterocycles. The normalized spacial score (nSPS) is 38.1. The number of aromatic carboxylic acids is 1. The molecule has 4 fully saturated rings. The van der Waals surface area contributed by atoms with Crippen molar-refractivity contribution in [2.75, 3.05) is 0 Å². The molecular formula is C15H18N2O3. The molecule has 0 spiro atoms. The molecule has 1 aromatic rings. The zero-order chi connectivity index (χ0) is 13.9. The van der Waals surface area contributed by atoms with E-state index in [9.17, 15) is 9.59 Å². The Morgan fingerprint density at radius 2 is 1.75 bits per heavy atom. The van der Waals surface area contributed by atoms with Crippen LogP contribution in [0.2, 0.25) is 0 Å². The number of hydrogen-bond donors (Lipinski definition) is 1. The molecule has 0 radical (unpaired) electrons. The Kier molecular flexibility index (Phi) is 2.53. The van der Waals surface area contributed by atoms with Crippen molar-refractivity contribution in [2.45, 2.75) is 38.1 Å². The molecule has 0 saturated heterocycles. The fourth-order valence-corrected chi connectivity index (χ4v) is 5.05. The van der Waals surface area contributed by atoms with Crippen LogP contribution in [0.3, 0.4) is 0 Å². The Morgan fingerprint density at radius 3 is 2.25 bits per heavy atom. The highest BCUT2D eigenvalue weighted by molar-refractivity contribution is 5.86. The summed E-state index contributed by atoms with van der Waals surface area (Å²) in [5.74, 6) is 1.73. The number of carbonyl (C=O) groups is 1. The second-order valence-corrected chi connectivity index (χ2v) is 6.75. The Bertz CT molecular complexity index is 594.